The number of aryl methyl sites for hydroxylation is 1. The lowest BCUT2D eigenvalue weighted by Gasteiger charge is -2.23. The smallest absolute Gasteiger partial charge is 0.323 e. The Hall–Kier alpha value is -3.01. The van der Waals surface area contributed by atoms with Crippen LogP contribution in [0.4, 0.5) is 0 Å². The van der Waals surface area contributed by atoms with E-state index in [1.807, 2.05) is 26.8 Å². The molecule has 0 amide bonds. The molecule has 0 spiro atoms. The number of imidazole rings is 1. The van der Waals surface area contributed by atoms with E-state index < -0.39 is 6.04 Å². The molecule has 1 saturated heterocycles. The highest BCUT2D eigenvalue weighted by Gasteiger charge is 2.22. The summed E-state index contributed by atoms with van der Waals surface area (Å²) in [4.78, 5) is 32.4. The third-order valence-electron chi connectivity index (χ3n) is 6.91. The van der Waals surface area contributed by atoms with Gasteiger partial charge in [0.2, 0.25) is 0 Å². The Bertz CT molecular complexity index is 1260. The molecule has 9 nitrogen and oxygen atoms in total. The summed E-state index contributed by atoms with van der Waals surface area (Å²) in [6, 6.07) is 7.73. The highest BCUT2D eigenvalue weighted by atomic mass is 16.6. The number of fused-ring (bicyclic) bond motifs is 1. The Morgan fingerprint density at radius 3 is 2.78 bits per heavy atom. The van der Waals surface area contributed by atoms with Crippen molar-refractivity contribution in [2.24, 2.45) is 5.92 Å². The minimum absolute atomic E-state index is 0.0928. The fraction of sp³-hybridized carbons (Fsp3) is 0.536. The van der Waals surface area contributed by atoms with Gasteiger partial charge in [0.15, 0.2) is 0 Å². The maximum absolute atomic E-state index is 12.5. The second-order valence-corrected chi connectivity index (χ2v) is 9.87. The standard InChI is InChI=1S/C28H38N4O5/c1-5-23(28(34)37-19(3)17-35-4)29-14-21-6-7-25-24(13-21)31-26(22-12-18(2)27(33)30-15-22)32(25)16-20-8-10-36-11-9-20/h6-7,12-13,15,19-20,23,29H,5,8-11,14,16-17H2,1-4H3,(H,30,33). The monoisotopic (exact) mass is 510 g/mol. The van der Waals surface area contributed by atoms with Crippen molar-refractivity contribution in [3.05, 3.63) is 51.9 Å². The van der Waals surface area contributed by atoms with Crippen LogP contribution in [0.5, 0.6) is 0 Å². The number of nitrogens with one attached hydrogen (secondary N) is 2. The molecule has 2 N–H and O–H groups in total. The number of ether oxygens (including phenoxy) is 3. The fourth-order valence-electron chi connectivity index (χ4n) is 4.79. The van der Waals surface area contributed by atoms with Gasteiger partial charge in [0.1, 0.15) is 18.0 Å². The van der Waals surface area contributed by atoms with Crippen LogP contribution in [0.15, 0.2) is 35.3 Å². The number of aromatic nitrogens is 3. The predicted molar refractivity (Wildman–Crippen MR) is 142 cm³/mol. The molecule has 9 heteroatoms. The highest BCUT2D eigenvalue weighted by molar-refractivity contribution is 5.81. The van der Waals surface area contributed by atoms with Gasteiger partial charge in [0, 0.05) is 50.7 Å². The first kappa shape index (κ1) is 27.0. The molecule has 2 unspecified atom stereocenters. The van der Waals surface area contributed by atoms with Crippen molar-refractivity contribution in [3.8, 4) is 11.4 Å². The first-order chi connectivity index (χ1) is 17.9. The van der Waals surface area contributed by atoms with Crippen molar-refractivity contribution < 1.29 is 19.0 Å². The van der Waals surface area contributed by atoms with Crippen molar-refractivity contribution in [1.82, 2.24) is 19.9 Å². The summed E-state index contributed by atoms with van der Waals surface area (Å²) in [7, 11) is 1.59. The van der Waals surface area contributed by atoms with E-state index >= 15 is 0 Å². The van der Waals surface area contributed by atoms with Gasteiger partial charge < -0.3 is 29.1 Å². The first-order valence-electron chi connectivity index (χ1n) is 13.1. The molecule has 37 heavy (non-hydrogen) atoms. The fourth-order valence-corrected chi connectivity index (χ4v) is 4.79. The van der Waals surface area contributed by atoms with Gasteiger partial charge in [-0.05, 0) is 62.8 Å². The van der Waals surface area contributed by atoms with Gasteiger partial charge in [-0.3, -0.25) is 9.59 Å². The second-order valence-electron chi connectivity index (χ2n) is 9.87. The summed E-state index contributed by atoms with van der Waals surface area (Å²) in [5.74, 6) is 1.07. The van der Waals surface area contributed by atoms with Crippen molar-refractivity contribution in [1.29, 1.82) is 0 Å². The van der Waals surface area contributed by atoms with Crippen LogP contribution in [0, 0.1) is 12.8 Å². The summed E-state index contributed by atoms with van der Waals surface area (Å²) in [6.07, 6.45) is 4.10. The zero-order valence-electron chi connectivity index (χ0n) is 22.2. The molecule has 0 aliphatic carbocycles. The Kier molecular flexibility index (Phi) is 9.13. The molecule has 200 valence electrons. The maximum Gasteiger partial charge on any atom is 0.323 e. The molecule has 4 rings (SSSR count). The lowest BCUT2D eigenvalue weighted by atomic mass is 10.00. The molecule has 2 atom stereocenters. The molecule has 1 aromatic carbocycles. The van der Waals surface area contributed by atoms with E-state index in [0.29, 0.717) is 31.1 Å². The van der Waals surface area contributed by atoms with Gasteiger partial charge in [0.25, 0.3) is 5.56 Å². The average molecular weight is 511 g/mol. The molecular weight excluding hydrogens is 472 g/mol. The van der Waals surface area contributed by atoms with Crippen LogP contribution in [-0.4, -0.2) is 59.6 Å². The van der Waals surface area contributed by atoms with E-state index in [1.54, 1.807) is 13.3 Å². The summed E-state index contributed by atoms with van der Waals surface area (Å²) < 4.78 is 18.4. The normalized spacial score (nSPS) is 16.1. The van der Waals surface area contributed by atoms with E-state index in [0.717, 1.165) is 60.6 Å². The third kappa shape index (κ3) is 6.66. The van der Waals surface area contributed by atoms with Gasteiger partial charge in [-0.25, -0.2) is 4.98 Å². The number of benzene rings is 1. The zero-order chi connectivity index (χ0) is 26.4. The number of methoxy groups -OCH3 is 1. The van der Waals surface area contributed by atoms with Crippen LogP contribution >= 0.6 is 0 Å². The summed E-state index contributed by atoms with van der Waals surface area (Å²) >= 11 is 0. The van der Waals surface area contributed by atoms with Crippen LogP contribution < -0.4 is 10.9 Å². The maximum atomic E-state index is 12.5. The van der Waals surface area contributed by atoms with Crippen molar-refractivity contribution in [2.45, 2.75) is 65.3 Å². The number of nitrogens with zero attached hydrogens (tertiary/aromatic N) is 2. The Labute approximate surface area is 217 Å². The van der Waals surface area contributed by atoms with Crippen LogP contribution in [-0.2, 0) is 32.1 Å². The number of hydrogen-bond acceptors (Lipinski definition) is 7. The van der Waals surface area contributed by atoms with Crippen LogP contribution in [0.3, 0.4) is 0 Å². The second kappa shape index (κ2) is 12.5. The molecule has 0 radical (unpaired) electrons. The van der Waals surface area contributed by atoms with Gasteiger partial charge in [0.05, 0.1) is 17.6 Å². The number of esters is 1. The van der Waals surface area contributed by atoms with E-state index in [9.17, 15) is 9.59 Å². The lowest BCUT2D eigenvalue weighted by molar-refractivity contribution is -0.153. The zero-order valence-corrected chi connectivity index (χ0v) is 22.2. The van der Waals surface area contributed by atoms with E-state index in [4.69, 9.17) is 19.2 Å². The Balaban J connectivity index is 1.58. The molecule has 3 aromatic rings. The SMILES string of the molecule is CCC(NCc1ccc2c(c1)nc(-c1c[nH]c(=O)c(C)c1)n2CC1CCOCC1)C(=O)OC(C)COC. The Morgan fingerprint density at radius 2 is 2.08 bits per heavy atom. The molecule has 1 aliphatic heterocycles. The minimum atomic E-state index is -0.402. The lowest BCUT2D eigenvalue weighted by Crippen LogP contribution is -2.39. The number of H-pyrrole nitrogens is 1. The summed E-state index contributed by atoms with van der Waals surface area (Å²) in [5, 5.41) is 3.33. The number of pyridine rings is 1. The van der Waals surface area contributed by atoms with Crippen molar-refractivity contribution in [2.75, 3.05) is 26.9 Å². The average Bonchev–Trinajstić information content (AvgIpc) is 3.24. The van der Waals surface area contributed by atoms with E-state index in [-0.39, 0.29) is 17.6 Å². The topological polar surface area (TPSA) is 107 Å². The van der Waals surface area contributed by atoms with E-state index in [2.05, 4.69) is 33.1 Å². The molecule has 0 bridgehead atoms. The number of aromatic amines is 1. The molecule has 3 heterocycles. The molecule has 0 saturated carbocycles. The predicted octanol–water partition coefficient (Wildman–Crippen LogP) is 3.57. The molecule has 2 aromatic heterocycles. The third-order valence-corrected chi connectivity index (χ3v) is 6.91. The van der Waals surface area contributed by atoms with Crippen LogP contribution in [0.2, 0.25) is 0 Å². The van der Waals surface area contributed by atoms with Gasteiger partial charge in [-0.2, -0.15) is 0 Å². The van der Waals surface area contributed by atoms with Crippen molar-refractivity contribution in [3.63, 3.8) is 0 Å². The highest BCUT2D eigenvalue weighted by Crippen LogP contribution is 2.28. The van der Waals surface area contributed by atoms with Gasteiger partial charge in [-0.1, -0.05) is 13.0 Å². The number of hydrogen-bond donors (Lipinski definition) is 2. The van der Waals surface area contributed by atoms with Gasteiger partial charge in [-0.15, -0.1) is 0 Å². The van der Waals surface area contributed by atoms with Gasteiger partial charge >= 0.3 is 5.97 Å². The van der Waals surface area contributed by atoms with Crippen LogP contribution in [0.25, 0.3) is 22.4 Å². The van der Waals surface area contributed by atoms with Crippen molar-refractivity contribution >= 4 is 17.0 Å². The quantitative estimate of drug-likeness (QED) is 0.380. The first-order valence-corrected chi connectivity index (χ1v) is 13.1. The molecule has 1 fully saturated rings. The number of carbonyl (C=O) groups excluding carboxylic acids is 1. The summed E-state index contributed by atoms with van der Waals surface area (Å²) in [6.45, 7) is 8.88. The van der Waals surface area contributed by atoms with Crippen LogP contribution in [0.1, 0.15) is 44.2 Å². The minimum Gasteiger partial charge on any atom is -0.459 e. The number of rotatable bonds is 11. The van der Waals surface area contributed by atoms with E-state index in [1.165, 1.54) is 0 Å². The number of carbonyl (C=O) groups is 1. The molecule has 1 aliphatic rings. The largest absolute Gasteiger partial charge is 0.459 e. The molecular formula is C28H38N4O5. The Morgan fingerprint density at radius 1 is 1.30 bits per heavy atom. The summed E-state index contributed by atoms with van der Waals surface area (Å²) in [5.41, 5.74) is 4.42.